The van der Waals surface area contributed by atoms with E-state index in [1.807, 2.05) is 25.1 Å². The molecule has 0 saturated heterocycles. The van der Waals surface area contributed by atoms with Crippen molar-refractivity contribution in [3.63, 3.8) is 0 Å². The standard InChI is InChI=1S/C13H16ClN3O2/c1-3-17-13(15-9-16-17)8-19-12-6-10(7-14)4-5-11(12)18-2/h4-6,9H,3,7-8H2,1-2H3. The predicted octanol–water partition coefficient (Wildman–Crippen LogP) is 2.62. The molecule has 0 spiro atoms. The molecule has 2 aromatic rings. The third-order valence-electron chi connectivity index (χ3n) is 2.73. The topological polar surface area (TPSA) is 49.2 Å². The van der Waals surface area contributed by atoms with Crippen molar-refractivity contribution in [1.29, 1.82) is 0 Å². The fourth-order valence-corrected chi connectivity index (χ4v) is 1.89. The van der Waals surface area contributed by atoms with Gasteiger partial charge in [0.2, 0.25) is 0 Å². The highest BCUT2D eigenvalue weighted by Gasteiger charge is 2.08. The summed E-state index contributed by atoms with van der Waals surface area (Å²) in [4.78, 5) is 4.16. The first-order valence-corrected chi connectivity index (χ1v) is 6.54. The lowest BCUT2D eigenvalue weighted by Crippen LogP contribution is -2.07. The molecule has 102 valence electrons. The third kappa shape index (κ3) is 3.17. The van der Waals surface area contributed by atoms with E-state index in [2.05, 4.69) is 10.1 Å². The number of nitrogens with zero attached hydrogens (tertiary/aromatic N) is 3. The van der Waals surface area contributed by atoms with Crippen LogP contribution in [0.2, 0.25) is 0 Å². The summed E-state index contributed by atoms with van der Waals surface area (Å²) in [6, 6.07) is 5.63. The monoisotopic (exact) mass is 281 g/mol. The second-order valence-corrected chi connectivity index (χ2v) is 4.17. The number of methoxy groups -OCH3 is 1. The summed E-state index contributed by atoms with van der Waals surface area (Å²) < 4.78 is 12.8. The van der Waals surface area contributed by atoms with Gasteiger partial charge in [0.25, 0.3) is 0 Å². The molecule has 0 atom stereocenters. The molecular weight excluding hydrogens is 266 g/mol. The molecule has 0 radical (unpaired) electrons. The summed E-state index contributed by atoms with van der Waals surface area (Å²) in [6.45, 7) is 3.11. The summed E-state index contributed by atoms with van der Waals surface area (Å²) >= 11 is 5.82. The SMILES string of the molecule is CCn1ncnc1COc1cc(CCl)ccc1OC. The zero-order chi connectivity index (χ0) is 13.7. The van der Waals surface area contributed by atoms with Gasteiger partial charge in [-0.3, -0.25) is 0 Å². The number of benzene rings is 1. The average molecular weight is 282 g/mol. The van der Waals surface area contributed by atoms with Crippen molar-refractivity contribution in [1.82, 2.24) is 14.8 Å². The summed E-state index contributed by atoms with van der Waals surface area (Å²) in [5.41, 5.74) is 0.981. The van der Waals surface area contributed by atoms with Crippen LogP contribution in [0, 0.1) is 0 Å². The van der Waals surface area contributed by atoms with Gasteiger partial charge in [-0.15, -0.1) is 11.6 Å². The van der Waals surface area contributed by atoms with Gasteiger partial charge < -0.3 is 9.47 Å². The van der Waals surface area contributed by atoms with Crippen molar-refractivity contribution in [2.45, 2.75) is 26.0 Å². The zero-order valence-electron chi connectivity index (χ0n) is 11.0. The Balaban J connectivity index is 2.14. The second kappa shape index (κ2) is 6.43. The van der Waals surface area contributed by atoms with Gasteiger partial charge >= 0.3 is 0 Å². The van der Waals surface area contributed by atoms with Gasteiger partial charge in [-0.1, -0.05) is 6.07 Å². The van der Waals surface area contributed by atoms with E-state index in [1.54, 1.807) is 11.8 Å². The van der Waals surface area contributed by atoms with Crippen molar-refractivity contribution in [3.8, 4) is 11.5 Å². The highest BCUT2D eigenvalue weighted by Crippen LogP contribution is 2.29. The van der Waals surface area contributed by atoms with Crippen LogP contribution in [0.25, 0.3) is 0 Å². The summed E-state index contributed by atoms with van der Waals surface area (Å²) in [6.07, 6.45) is 1.52. The predicted molar refractivity (Wildman–Crippen MR) is 72.6 cm³/mol. The number of hydrogen-bond donors (Lipinski definition) is 0. The second-order valence-electron chi connectivity index (χ2n) is 3.90. The fraction of sp³-hybridized carbons (Fsp3) is 0.385. The van der Waals surface area contributed by atoms with E-state index in [1.165, 1.54) is 6.33 Å². The maximum Gasteiger partial charge on any atom is 0.164 e. The molecular formula is C13H16ClN3O2. The van der Waals surface area contributed by atoms with Gasteiger partial charge in [-0.2, -0.15) is 5.10 Å². The number of aromatic nitrogens is 3. The quantitative estimate of drug-likeness (QED) is 0.764. The van der Waals surface area contributed by atoms with E-state index in [9.17, 15) is 0 Å². The van der Waals surface area contributed by atoms with Crippen molar-refractivity contribution in [3.05, 3.63) is 35.9 Å². The van der Waals surface area contributed by atoms with Gasteiger partial charge in [-0.05, 0) is 24.6 Å². The number of rotatable bonds is 6. The molecule has 6 heteroatoms. The van der Waals surface area contributed by atoms with Crippen LogP contribution in [0.4, 0.5) is 0 Å². The molecule has 0 aliphatic heterocycles. The lowest BCUT2D eigenvalue weighted by molar-refractivity contribution is 0.269. The molecule has 19 heavy (non-hydrogen) atoms. The van der Waals surface area contributed by atoms with Crippen LogP contribution in [-0.4, -0.2) is 21.9 Å². The summed E-state index contributed by atoms with van der Waals surface area (Å²) in [7, 11) is 1.61. The minimum absolute atomic E-state index is 0.343. The van der Waals surface area contributed by atoms with Gasteiger partial charge in [0.05, 0.1) is 7.11 Å². The number of aryl methyl sites for hydroxylation is 1. The molecule has 0 aliphatic rings. The zero-order valence-corrected chi connectivity index (χ0v) is 11.7. The van der Waals surface area contributed by atoms with E-state index < -0.39 is 0 Å². The molecule has 1 heterocycles. The highest BCUT2D eigenvalue weighted by atomic mass is 35.5. The van der Waals surface area contributed by atoms with Crippen LogP contribution in [0.3, 0.4) is 0 Å². The van der Waals surface area contributed by atoms with E-state index in [-0.39, 0.29) is 0 Å². The van der Waals surface area contributed by atoms with Crippen LogP contribution < -0.4 is 9.47 Å². The maximum atomic E-state index is 5.82. The van der Waals surface area contributed by atoms with Crippen LogP contribution in [0.5, 0.6) is 11.5 Å². The Bertz CT molecular complexity index is 542. The number of ether oxygens (including phenoxy) is 2. The first-order valence-electron chi connectivity index (χ1n) is 6.00. The molecule has 0 saturated carbocycles. The molecule has 0 N–H and O–H groups in total. The van der Waals surface area contributed by atoms with Gasteiger partial charge in [-0.25, -0.2) is 9.67 Å². The van der Waals surface area contributed by atoms with E-state index in [0.29, 0.717) is 24.0 Å². The molecule has 0 unspecified atom stereocenters. The van der Waals surface area contributed by atoms with Gasteiger partial charge in [0, 0.05) is 12.4 Å². The Morgan fingerprint density at radius 1 is 1.32 bits per heavy atom. The van der Waals surface area contributed by atoms with Crippen LogP contribution in [0.15, 0.2) is 24.5 Å². The molecule has 0 bridgehead atoms. The first-order chi connectivity index (χ1) is 9.28. The van der Waals surface area contributed by atoms with E-state index >= 15 is 0 Å². The lowest BCUT2D eigenvalue weighted by Gasteiger charge is -2.11. The van der Waals surface area contributed by atoms with Crippen LogP contribution in [0.1, 0.15) is 18.3 Å². The average Bonchev–Trinajstić information content (AvgIpc) is 2.92. The van der Waals surface area contributed by atoms with Gasteiger partial charge in [0.15, 0.2) is 17.3 Å². The Hall–Kier alpha value is -1.75. The maximum absolute atomic E-state index is 5.82. The van der Waals surface area contributed by atoms with Crippen molar-refractivity contribution >= 4 is 11.6 Å². The van der Waals surface area contributed by atoms with Crippen molar-refractivity contribution < 1.29 is 9.47 Å². The van der Waals surface area contributed by atoms with Crippen molar-refractivity contribution in [2.75, 3.05) is 7.11 Å². The minimum Gasteiger partial charge on any atom is -0.493 e. The lowest BCUT2D eigenvalue weighted by atomic mass is 10.2. The normalized spacial score (nSPS) is 10.5. The molecule has 1 aromatic carbocycles. The first kappa shape index (κ1) is 13.7. The minimum atomic E-state index is 0.343. The Labute approximate surface area is 117 Å². The van der Waals surface area contributed by atoms with E-state index in [4.69, 9.17) is 21.1 Å². The summed E-state index contributed by atoms with van der Waals surface area (Å²) in [5, 5.41) is 4.10. The number of halogens is 1. The highest BCUT2D eigenvalue weighted by molar-refractivity contribution is 6.17. The molecule has 5 nitrogen and oxygen atoms in total. The Kier molecular flexibility index (Phi) is 4.63. The molecule has 0 aliphatic carbocycles. The van der Waals surface area contributed by atoms with Crippen LogP contribution >= 0.6 is 11.6 Å². The summed E-state index contributed by atoms with van der Waals surface area (Å²) in [5.74, 6) is 2.55. The van der Waals surface area contributed by atoms with Crippen molar-refractivity contribution in [2.24, 2.45) is 0 Å². The Morgan fingerprint density at radius 3 is 2.84 bits per heavy atom. The smallest absolute Gasteiger partial charge is 0.164 e. The molecule has 2 rings (SSSR count). The number of hydrogen-bond acceptors (Lipinski definition) is 4. The molecule has 0 fully saturated rings. The number of alkyl halides is 1. The largest absolute Gasteiger partial charge is 0.493 e. The fourth-order valence-electron chi connectivity index (χ4n) is 1.72. The molecule has 0 amide bonds. The van der Waals surface area contributed by atoms with Crippen LogP contribution in [-0.2, 0) is 19.0 Å². The van der Waals surface area contributed by atoms with E-state index in [0.717, 1.165) is 17.9 Å². The molecule has 1 aromatic heterocycles. The third-order valence-corrected chi connectivity index (χ3v) is 3.04. The van der Waals surface area contributed by atoms with Gasteiger partial charge in [0.1, 0.15) is 12.9 Å². The Morgan fingerprint density at radius 2 is 2.16 bits per heavy atom.